The van der Waals surface area contributed by atoms with E-state index >= 15 is 0 Å². The Bertz CT molecular complexity index is 949. The van der Waals surface area contributed by atoms with Crippen molar-refractivity contribution in [1.29, 1.82) is 0 Å². The molecule has 1 fully saturated rings. The second-order valence-corrected chi connectivity index (χ2v) is 9.25. The van der Waals surface area contributed by atoms with E-state index in [1.165, 1.54) is 24.2 Å². The number of hydrogen-bond donors (Lipinski definition) is 1. The number of anilines is 2. The fraction of sp³-hybridized carbons (Fsp3) is 0.381. The van der Waals surface area contributed by atoms with Crippen molar-refractivity contribution in [3.8, 4) is 5.75 Å². The lowest BCUT2D eigenvalue weighted by atomic mass is 10.1. The summed E-state index contributed by atoms with van der Waals surface area (Å²) in [7, 11) is -1.86. The highest BCUT2D eigenvalue weighted by Gasteiger charge is 2.17. The summed E-state index contributed by atoms with van der Waals surface area (Å²) in [6, 6.07) is 12.3. The van der Waals surface area contributed by atoms with Crippen LogP contribution in [0.4, 0.5) is 11.4 Å². The second kappa shape index (κ2) is 8.22. The Labute approximate surface area is 166 Å². The largest absolute Gasteiger partial charge is 0.490 e. The zero-order valence-electron chi connectivity index (χ0n) is 16.4. The van der Waals surface area contributed by atoms with Crippen molar-refractivity contribution in [3.63, 3.8) is 0 Å². The lowest BCUT2D eigenvalue weighted by molar-refractivity contribution is 0.102. The van der Waals surface area contributed by atoms with Gasteiger partial charge >= 0.3 is 0 Å². The van der Waals surface area contributed by atoms with Crippen molar-refractivity contribution in [2.24, 2.45) is 0 Å². The molecule has 150 valence electrons. The smallest absolute Gasteiger partial charge is 0.255 e. The minimum Gasteiger partial charge on any atom is -0.490 e. The molecule has 0 bridgehead atoms. The van der Waals surface area contributed by atoms with E-state index in [4.69, 9.17) is 4.74 Å². The average Bonchev–Trinajstić information content (AvgIpc) is 3.15. The van der Waals surface area contributed by atoms with E-state index in [1.807, 2.05) is 24.3 Å². The lowest BCUT2D eigenvalue weighted by Crippen LogP contribution is -2.25. The first-order valence-electron chi connectivity index (χ1n) is 9.36. The Balaban J connectivity index is 1.66. The molecule has 0 spiro atoms. The summed E-state index contributed by atoms with van der Waals surface area (Å²) in [5.41, 5.74) is 2.40. The number of carbonyl (C=O) groups is 1. The fourth-order valence-corrected chi connectivity index (χ4v) is 3.91. The number of nitrogens with zero attached hydrogens (tertiary/aromatic N) is 1. The van der Waals surface area contributed by atoms with Crippen LogP contribution in [-0.4, -0.2) is 33.7 Å². The minimum absolute atomic E-state index is 0.249. The van der Waals surface area contributed by atoms with Crippen LogP contribution >= 0.6 is 0 Å². The molecule has 0 aliphatic heterocycles. The molecule has 1 aliphatic rings. The van der Waals surface area contributed by atoms with Gasteiger partial charge < -0.3 is 10.1 Å². The van der Waals surface area contributed by atoms with Crippen molar-refractivity contribution in [1.82, 2.24) is 0 Å². The van der Waals surface area contributed by atoms with Crippen LogP contribution < -0.4 is 14.4 Å². The third-order valence-corrected chi connectivity index (χ3v) is 6.20. The molecule has 0 radical (unpaired) electrons. The van der Waals surface area contributed by atoms with Crippen LogP contribution in [0.3, 0.4) is 0 Å². The molecule has 1 amide bonds. The van der Waals surface area contributed by atoms with E-state index < -0.39 is 10.0 Å². The molecule has 2 aromatic rings. The number of benzene rings is 2. The summed E-state index contributed by atoms with van der Waals surface area (Å²) in [5.74, 6) is 0.565. The number of hydrogen-bond acceptors (Lipinski definition) is 4. The van der Waals surface area contributed by atoms with E-state index in [9.17, 15) is 13.2 Å². The third-order valence-electron chi connectivity index (χ3n) is 5.01. The van der Waals surface area contributed by atoms with Gasteiger partial charge in [-0.1, -0.05) is 0 Å². The molecule has 1 N–H and O–H groups in total. The van der Waals surface area contributed by atoms with E-state index in [-0.39, 0.29) is 5.91 Å². The standard InChI is InChI=1S/C21H26N2O4S/c1-15-14-16(8-13-20(15)23(2)28(3,25)26)21(24)22-17-9-11-19(12-10-17)27-18-6-4-5-7-18/h8-14,18H,4-7H2,1-3H3,(H,22,24). The number of carbonyl (C=O) groups excluding carboxylic acids is 1. The van der Waals surface area contributed by atoms with Gasteiger partial charge in [0.2, 0.25) is 10.0 Å². The molecule has 6 nitrogen and oxygen atoms in total. The van der Waals surface area contributed by atoms with E-state index in [0.717, 1.165) is 24.8 Å². The zero-order chi connectivity index (χ0) is 20.3. The van der Waals surface area contributed by atoms with Crippen molar-refractivity contribution in [2.75, 3.05) is 22.9 Å². The molecular weight excluding hydrogens is 376 g/mol. The molecule has 28 heavy (non-hydrogen) atoms. The number of nitrogens with one attached hydrogen (secondary N) is 1. The predicted molar refractivity (Wildman–Crippen MR) is 112 cm³/mol. The van der Waals surface area contributed by atoms with Crippen LogP contribution in [0.1, 0.15) is 41.6 Å². The van der Waals surface area contributed by atoms with Gasteiger partial charge in [-0.2, -0.15) is 0 Å². The SMILES string of the molecule is Cc1cc(C(=O)Nc2ccc(OC3CCCC3)cc2)ccc1N(C)S(C)(=O)=O. The minimum atomic E-state index is -3.35. The zero-order valence-corrected chi connectivity index (χ0v) is 17.3. The van der Waals surface area contributed by atoms with Gasteiger partial charge in [-0.25, -0.2) is 8.42 Å². The normalized spacial score (nSPS) is 14.7. The fourth-order valence-electron chi connectivity index (χ4n) is 3.35. The molecule has 0 atom stereocenters. The van der Waals surface area contributed by atoms with Crippen molar-refractivity contribution in [3.05, 3.63) is 53.6 Å². The van der Waals surface area contributed by atoms with Crippen molar-refractivity contribution >= 4 is 27.3 Å². The summed E-state index contributed by atoms with van der Waals surface area (Å²) < 4.78 is 30.6. The molecule has 0 unspecified atom stereocenters. The van der Waals surface area contributed by atoms with Gasteiger partial charge in [-0.15, -0.1) is 0 Å². The summed E-state index contributed by atoms with van der Waals surface area (Å²) in [4.78, 5) is 12.5. The molecule has 0 heterocycles. The summed E-state index contributed by atoms with van der Waals surface area (Å²) in [5, 5.41) is 2.86. The van der Waals surface area contributed by atoms with E-state index in [1.54, 1.807) is 25.1 Å². The van der Waals surface area contributed by atoms with Gasteiger partial charge in [0.1, 0.15) is 5.75 Å². The molecule has 1 saturated carbocycles. The molecule has 2 aromatic carbocycles. The first kappa shape index (κ1) is 20.2. The molecular formula is C21H26N2O4S. The van der Waals surface area contributed by atoms with Gasteiger partial charge in [0, 0.05) is 18.3 Å². The second-order valence-electron chi connectivity index (χ2n) is 7.23. The Morgan fingerprint density at radius 3 is 2.32 bits per heavy atom. The maximum absolute atomic E-state index is 12.5. The monoisotopic (exact) mass is 402 g/mol. The van der Waals surface area contributed by atoms with E-state index in [0.29, 0.717) is 28.6 Å². The average molecular weight is 403 g/mol. The van der Waals surface area contributed by atoms with Crippen LogP contribution in [0.15, 0.2) is 42.5 Å². The number of amides is 1. The Morgan fingerprint density at radius 1 is 1.11 bits per heavy atom. The number of ether oxygens (including phenoxy) is 1. The predicted octanol–water partition coefficient (Wildman–Crippen LogP) is 3.96. The maximum atomic E-state index is 12.5. The van der Waals surface area contributed by atoms with Gasteiger partial charge in [0.05, 0.1) is 18.0 Å². The molecule has 7 heteroatoms. The van der Waals surface area contributed by atoms with Crippen molar-refractivity contribution in [2.45, 2.75) is 38.7 Å². The number of sulfonamides is 1. The van der Waals surface area contributed by atoms with E-state index in [2.05, 4.69) is 5.32 Å². The van der Waals surface area contributed by atoms with Crippen molar-refractivity contribution < 1.29 is 17.9 Å². The summed E-state index contributed by atoms with van der Waals surface area (Å²) in [6.07, 6.45) is 6.08. The lowest BCUT2D eigenvalue weighted by Gasteiger charge is -2.19. The van der Waals surface area contributed by atoms with Crippen LogP contribution in [0.2, 0.25) is 0 Å². The van der Waals surface area contributed by atoms with Gasteiger partial charge in [0.15, 0.2) is 0 Å². The van der Waals surface area contributed by atoms with Crippen LogP contribution in [0.5, 0.6) is 5.75 Å². The quantitative estimate of drug-likeness (QED) is 0.793. The highest BCUT2D eigenvalue weighted by atomic mass is 32.2. The number of rotatable bonds is 6. The maximum Gasteiger partial charge on any atom is 0.255 e. The highest BCUT2D eigenvalue weighted by Crippen LogP contribution is 2.26. The van der Waals surface area contributed by atoms with Gasteiger partial charge in [-0.3, -0.25) is 9.10 Å². The summed E-state index contributed by atoms with van der Waals surface area (Å²) >= 11 is 0. The molecule has 1 aliphatic carbocycles. The first-order chi connectivity index (χ1) is 13.2. The van der Waals surface area contributed by atoms with Gasteiger partial charge in [0.25, 0.3) is 5.91 Å². The molecule has 0 aromatic heterocycles. The topological polar surface area (TPSA) is 75.7 Å². The highest BCUT2D eigenvalue weighted by molar-refractivity contribution is 7.92. The first-order valence-corrected chi connectivity index (χ1v) is 11.2. The summed E-state index contributed by atoms with van der Waals surface area (Å²) in [6.45, 7) is 1.78. The van der Waals surface area contributed by atoms with Crippen LogP contribution in [-0.2, 0) is 10.0 Å². The molecule has 0 saturated heterocycles. The van der Waals surface area contributed by atoms with Gasteiger partial charge in [-0.05, 0) is 80.6 Å². The van der Waals surface area contributed by atoms with Crippen LogP contribution in [0, 0.1) is 6.92 Å². The Hall–Kier alpha value is -2.54. The Kier molecular flexibility index (Phi) is 5.93. The van der Waals surface area contributed by atoms with Crippen LogP contribution in [0.25, 0.3) is 0 Å². The molecule has 3 rings (SSSR count). The third kappa shape index (κ3) is 4.84. The number of aryl methyl sites for hydroxylation is 1. The Morgan fingerprint density at radius 2 is 1.75 bits per heavy atom.